The van der Waals surface area contributed by atoms with Gasteiger partial charge in [-0.15, -0.1) is 0 Å². The summed E-state index contributed by atoms with van der Waals surface area (Å²) in [4.78, 5) is 51.0. The summed E-state index contributed by atoms with van der Waals surface area (Å²) in [5.41, 5.74) is 0.412. The normalized spacial score (nSPS) is 21.3. The number of carbonyl (C=O) groups is 2. The third kappa shape index (κ3) is 4.08. The number of nitrogens with one attached hydrogen (secondary N) is 1. The van der Waals surface area contributed by atoms with Crippen LogP contribution in [0.25, 0.3) is 11.0 Å². The summed E-state index contributed by atoms with van der Waals surface area (Å²) in [5.74, 6) is 0.323. The van der Waals surface area contributed by atoms with Crippen LogP contribution in [0.5, 0.6) is 0 Å². The molecule has 2 aromatic heterocycles. The molecule has 2 unspecified atom stereocenters. The number of methoxy groups -OCH3 is 1. The lowest BCUT2D eigenvalue weighted by molar-refractivity contribution is -0.134. The Kier molecular flexibility index (Phi) is 6.08. The smallest absolute Gasteiger partial charge is 0.338 e. The highest BCUT2D eigenvalue weighted by Crippen LogP contribution is 2.35. The van der Waals surface area contributed by atoms with E-state index in [1.165, 1.54) is 50.6 Å². The molecule has 3 heterocycles. The molecule has 0 bridgehead atoms. The van der Waals surface area contributed by atoms with Crippen molar-refractivity contribution in [3.8, 4) is 0 Å². The molecule has 4 rings (SSSR count). The molecule has 1 saturated carbocycles. The third-order valence-electron chi connectivity index (χ3n) is 6.08. The van der Waals surface area contributed by atoms with E-state index in [2.05, 4.69) is 15.0 Å². The average molecular weight is 431 g/mol. The van der Waals surface area contributed by atoms with Crippen molar-refractivity contribution in [1.29, 1.82) is 0 Å². The topological polar surface area (TPSA) is 105 Å². The van der Waals surface area contributed by atoms with Gasteiger partial charge in [0.2, 0.25) is 5.91 Å². The van der Waals surface area contributed by atoms with Gasteiger partial charge in [0.15, 0.2) is 10.8 Å². The van der Waals surface area contributed by atoms with Crippen LogP contribution in [0.15, 0.2) is 16.0 Å². The highest BCUT2D eigenvalue weighted by molar-refractivity contribution is 7.99. The Balaban J connectivity index is 1.53. The molecular weight excluding hydrogens is 404 g/mol. The van der Waals surface area contributed by atoms with E-state index in [9.17, 15) is 14.4 Å². The fourth-order valence-corrected chi connectivity index (χ4v) is 5.47. The zero-order chi connectivity index (χ0) is 21.3. The van der Waals surface area contributed by atoms with Gasteiger partial charge in [0, 0.05) is 18.3 Å². The van der Waals surface area contributed by atoms with Crippen molar-refractivity contribution < 1.29 is 14.3 Å². The van der Waals surface area contributed by atoms with Crippen LogP contribution in [0.4, 0.5) is 0 Å². The summed E-state index contributed by atoms with van der Waals surface area (Å²) in [5, 5.41) is 0.427. The Labute approximate surface area is 178 Å². The number of thioether (sulfide) groups is 1. The van der Waals surface area contributed by atoms with Gasteiger partial charge in [-0.3, -0.25) is 9.59 Å². The second-order valence-corrected chi connectivity index (χ2v) is 8.97. The molecule has 160 valence electrons. The summed E-state index contributed by atoms with van der Waals surface area (Å²) in [6, 6.07) is 1.87. The van der Waals surface area contributed by atoms with E-state index in [1.807, 2.05) is 4.90 Å². The molecule has 30 heavy (non-hydrogen) atoms. The number of H-pyrrole nitrogens is 1. The van der Waals surface area contributed by atoms with Gasteiger partial charge in [0.25, 0.3) is 5.56 Å². The molecule has 2 fully saturated rings. The first-order valence-electron chi connectivity index (χ1n) is 10.4. The SMILES string of the molecule is COC(=O)c1cc(C)nc2nc(SCC(=O)N3CCCC4CCCCC43)[nH]c(=O)c12. The molecule has 8 nitrogen and oxygen atoms in total. The monoisotopic (exact) mass is 430 g/mol. The summed E-state index contributed by atoms with van der Waals surface area (Å²) in [7, 11) is 1.26. The number of esters is 1. The lowest BCUT2D eigenvalue weighted by Gasteiger charge is -2.44. The number of rotatable bonds is 4. The number of nitrogens with zero attached hydrogens (tertiary/aromatic N) is 3. The molecule has 0 aromatic carbocycles. The summed E-state index contributed by atoms with van der Waals surface area (Å²) < 4.78 is 4.77. The number of amides is 1. The maximum Gasteiger partial charge on any atom is 0.338 e. The number of aromatic amines is 1. The molecule has 1 aliphatic carbocycles. The first-order chi connectivity index (χ1) is 14.5. The predicted molar refractivity (Wildman–Crippen MR) is 114 cm³/mol. The maximum atomic E-state index is 12.9. The number of fused-ring (bicyclic) bond motifs is 2. The molecule has 1 amide bonds. The van der Waals surface area contributed by atoms with Crippen molar-refractivity contribution in [3.05, 3.63) is 27.7 Å². The lowest BCUT2D eigenvalue weighted by Crippen LogP contribution is -2.50. The second kappa shape index (κ2) is 8.75. The van der Waals surface area contributed by atoms with E-state index >= 15 is 0 Å². The molecule has 0 radical (unpaired) electrons. The van der Waals surface area contributed by atoms with Crippen molar-refractivity contribution in [2.75, 3.05) is 19.4 Å². The number of ether oxygens (including phenoxy) is 1. The zero-order valence-corrected chi connectivity index (χ0v) is 18.1. The minimum atomic E-state index is -0.611. The maximum absolute atomic E-state index is 12.9. The number of likely N-dealkylation sites (tertiary alicyclic amines) is 1. The van der Waals surface area contributed by atoms with Crippen LogP contribution in [-0.2, 0) is 9.53 Å². The molecule has 2 aliphatic rings. The largest absolute Gasteiger partial charge is 0.465 e. The summed E-state index contributed by atoms with van der Waals surface area (Å²) in [6.07, 6.45) is 7.03. The number of aryl methyl sites for hydroxylation is 1. The minimum absolute atomic E-state index is 0.0896. The number of aromatic nitrogens is 3. The van der Waals surface area contributed by atoms with Gasteiger partial charge in [-0.25, -0.2) is 14.8 Å². The molecule has 9 heteroatoms. The number of piperidine rings is 1. The third-order valence-corrected chi connectivity index (χ3v) is 6.94. The van der Waals surface area contributed by atoms with E-state index in [0.29, 0.717) is 22.8 Å². The fraction of sp³-hybridized carbons (Fsp3) is 0.571. The van der Waals surface area contributed by atoms with Crippen LogP contribution >= 0.6 is 11.8 Å². The van der Waals surface area contributed by atoms with E-state index in [4.69, 9.17) is 4.74 Å². The van der Waals surface area contributed by atoms with Gasteiger partial charge < -0.3 is 14.6 Å². The summed E-state index contributed by atoms with van der Waals surface area (Å²) >= 11 is 1.20. The average Bonchev–Trinajstić information content (AvgIpc) is 2.75. The second-order valence-electron chi connectivity index (χ2n) is 8.00. The highest BCUT2D eigenvalue weighted by atomic mass is 32.2. The Morgan fingerprint density at radius 2 is 2.00 bits per heavy atom. The van der Waals surface area contributed by atoms with Crippen LogP contribution in [0.2, 0.25) is 0 Å². The van der Waals surface area contributed by atoms with Gasteiger partial charge in [-0.1, -0.05) is 24.6 Å². The quantitative estimate of drug-likeness (QED) is 0.452. The van der Waals surface area contributed by atoms with E-state index in [-0.39, 0.29) is 28.3 Å². The molecule has 1 aliphatic heterocycles. The Bertz CT molecular complexity index is 1040. The number of carbonyl (C=O) groups excluding carboxylic acids is 2. The fourth-order valence-electron chi connectivity index (χ4n) is 4.73. The number of hydrogen-bond donors (Lipinski definition) is 1. The van der Waals surface area contributed by atoms with Crippen LogP contribution in [-0.4, -0.2) is 57.2 Å². The highest BCUT2D eigenvalue weighted by Gasteiger charge is 2.35. The summed E-state index contributed by atoms with van der Waals surface area (Å²) in [6.45, 7) is 2.54. The van der Waals surface area contributed by atoms with Gasteiger partial charge in [0.1, 0.15) is 0 Å². The van der Waals surface area contributed by atoms with Crippen molar-refractivity contribution in [2.24, 2.45) is 5.92 Å². The molecule has 1 saturated heterocycles. The molecule has 1 N–H and O–H groups in total. The van der Waals surface area contributed by atoms with Crippen molar-refractivity contribution in [1.82, 2.24) is 19.9 Å². The lowest BCUT2D eigenvalue weighted by atomic mass is 9.78. The van der Waals surface area contributed by atoms with Crippen molar-refractivity contribution >= 4 is 34.7 Å². The first-order valence-corrected chi connectivity index (χ1v) is 11.4. The van der Waals surface area contributed by atoms with Gasteiger partial charge in [0.05, 0.1) is 23.8 Å². The molecular formula is C21H26N4O4S. The number of pyridine rings is 1. The van der Waals surface area contributed by atoms with Gasteiger partial charge >= 0.3 is 5.97 Å². The Hall–Kier alpha value is -2.42. The van der Waals surface area contributed by atoms with E-state index in [0.717, 1.165) is 19.4 Å². The van der Waals surface area contributed by atoms with E-state index < -0.39 is 11.5 Å². The first kappa shape index (κ1) is 20.8. The minimum Gasteiger partial charge on any atom is -0.465 e. The Morgan fingerprint density at radius 1 is 1.23 bits per heavy atom. The zero-order valence-electron chi connectivity index (χ0n) is 17.3. The van der Waals surface area contributed by atoms with Crippen LogP contribution in [0, 0.1) is 12.8 Å². The van der Waals surface area contributed by atoms with Gasteiger partial charge in [-0.05, 0) is 44.6 Å². The molecule has 0 spiro atoms. The van der Waals surface area contributed by atoms with E-state index in [1.54, 1.807) is 6.92 Å². The van der Waals surface area contributed by atoms with Crippen LogP contribution < -0.4 is 5.56 Å². The molecule has 2 aromatic rings. The van der Waals surface area contributed by atoms with Crippen molar-refractivity contribution in [2.45, 2.75) is 56.6 Å². The molecule has 2 atom stereocenters. The number of hydrogen-bond acceptors (Lipinski definition) is 7. The van der Waals surface area contributed by atoms with Gasteiger partial charge in [-0.2, -0.15) is 0 Å². The van der Waals surface area contributed by atoms with Crippen LogP contribution in [0.1, 0.15) is 54.6 Å². The predicted octanol–water partition coefficient (Wildman–Crippen LogP) is 2.69. The van der Waals surface area contributed by atoms with Crippen molar-refractivity contribution in [3.63, 3.8) is 0 Å². The standard InChI is InChI=1S/C21H26N4O4S/c1-12-10-14(20(28)29-2)17-18(22-12)23-21(24-19(17)27)30-11-16(26)25-9-5-7-13-6-3-4-8-15(13)25/h10,13,15H,3-9,11H2,1-2H3,(H,22,23,24,27). The van der Waals surface area contributed by atoms with Crippen LogP contribution in [0.3, 0.4) is 0 Å². The Morgan fingerprint density at radius 3 is 2.80 bits per heavy atom.